The number of sulfonamides is 1. The zero-order chi connectivity index (χ0) is 17.2. The lowest BCUT2D eigenvalue weighted by Crippen LogP contribution is -2.48. The Bertz CT molecular complexity index is 663. The molecule has 0 aliphatic carbocycles. The molecule has 1 aliphatic heterocycles. The van der Waals surface area contributed by atoms with Crippen molar-refractivity contribution in [2.24, 2.45) is 11.7 Å². The standard InChI is InChI=1S/C15H22ClN3O3S/c1-10-7-12(8-17)9-19(10)15(20)11(2)18-23(21,22)14-5-3-13(16)4-6-14/h3-6,10-12,18H,7-9,17H2,1-2H3. The molecule has 1 saturated heterocycles. The molecule has 1 heterocycles. The van der Waals surface area contributed by atoms with E-state index in [1.807, 2.05) is 6.92 Å². The molecule has 3 unspecified atom stereocenters. The van der Waals surface area contributed by atoms with Gasteiger partial charge < -0.3 is 10.6 Å². The van der Waals surface area contributed by atoms with E-state index in [-0.39, 0.29) is 22.8 Å². The summed E-state index contributed by atoms with van der Waals surface area (Å²) in [4.78, 5) is 14.3. The predicted molar refractivity (Wildman–Crippen MR) is 89.6 cm³/mol. The number of rotatable bonds is 5. The van der Waals surface area contributed by atoms with E-state index in [0.717, 1.165) is 6.42 Å². The highest BCUT2D eigenvalue weighted by Crippen LogP contribution is 2.23. The monoisotopic (exact) mass is 359 g/mol. The van der Waals surface area contributed by atoms with Gasteiger partial charge in [0.2, 0.25) is 15.9 Å². The summed E-state index contributed by atoms with van der Waals surface area (Å²) < 4.78 is 27.1. The molecular formula is C15H22ClN3O3S. The molecule has 0 spiro atoms. The van der Waals surface area contributed by atoms with E-state index in [1.165, 1.54) is 24.3 Å². The van der Waals surface area contributed by atoms with Crippen LogP contribution < -0.4 is 10.5 Å². The van der Waals surface area contributed by atoms with Crippen LogP contribution in [0.1, 0.15) is 20.3 Å². The first-order chi connectivity index (χ1) is 10.7. The summed E-state index contributed by atoms with van der Waals surface area (Å²) in [5.41, 5.74) is 5.66. The van der Waals surface area contributed by atoms with Crippen LogP contribution in [0.4, 0.5) is 0 Å². The van der Waals surface area contributed by atoms with Gasteiger partial charge >= 0.3 is 0 Å². The van der Waals surface area contributed by atoms with Crippen LogP contribution in [0.3, 0.4) is 0 Å². The Balaban J connectivity index is 2.07. The van der Waals surface area contributed by atoms with Crippen LogP contribution in [0.2, 0.25) is 5.02 Å². The zero-order valence-electron chi connectivity index (χ0n) is 13.2. The Labute approximate surface area is 142 Å². The number of amides is 1. The fraction of sp³-hybridized carbons (Fsp3) is 0.533. The van der Waals surface area contributed by atoms with E-state index in [4.69, 9.17) is 17.3 Å². The maximum Gasteiger partial charge on any atom is 0.241 e. The SMILES string of the molecule is CC(NS(=O)(=O)c1ccc(Cl)cc1)C(=O)N1CC(CN)CC1C. The molecule has 2 rings (SSSR count). The van der Waals surface area contributed by atoms with Crippen molar-refractivity contribution in [3.8, 4) is 0 Å². The molecule has 3 N–H and O–H groups in total. The molecular weight excluding hydrogens is 338 g/mol. The quantitative estimate of drug-likeness (QED) is 0.826. The summed E-state index contributed by atoms with van der Waals surface area (Å²) in [7, 11) is -3.77. The van der Waals surface area contributed by atoms with E-state index in [0.29, 0.717) is 18.1 Å². The lowest BCUT2D eigenvalue weighted by molar-refractivity contribution is -0.133. The molecule has 0 bridgehead atoms. The van der Waals surface area contributed by atoms with Crippen LogP contribution in [0.5, 0.6) is 0 Å². The molecule has 1 fully saturated rings. The molecule has 1 aliphatic rings. The number of hydrogen-bond donors (Lipinski definition) is 2. The van der Waals surface area contributed by atoms with Gasteiger partial charge in [-0.05, 0) is 57.0 Å². The van der Waals surface area contributed by atoms with Crippen molar-refractivity contribution in [1.82, 2.24) is 9.62 Å². The fourth-order valence-electron chi connectivity index (χ4n) is 2.83. The van der Waals surface area contributed by atoms with Gasteiger partial charge in [-0.15, -0.1) is 0 Å². The smallest absolute Gasteiger partial charge is 0.241 e. The fourth-order valence-corrected chi connectivity index (χ4v) is 4.16. The van der Waals surface area contributed by atoms with Gasteiger partial charge in [0.25, 0.3) is 0 Å². The first-order valence-corrected chi connectivity index (χ1v) is 9.39. The summed E-state index contributed by atoms with van der Waals surface area (Å²) in [5.74, 6) is 0.0417. The number of carbonyl (C=O) groups excluding carboxylic acids is 1. The van der Waals surface area contributed by atoms with Crippen LogP contribution >= 0.6 is 11.6 Å². The Morgan fingerprint density at radius 1 is 1.43 bits per heavy atom. The second-order valence-electron chi connectivity index (χ2n) is 5.97. The Hall–Kier alpha value is -1.15. The summed E-state index contributed by atoms with van der Waals surface area (Å²) in [6, 6.07) is 5.04. The number of halogens is 1. The number of nitrogens with zero attached hydrogens (tertiary/aromatic N) is 1. The molecule has 6 nitrogen and oxygen atoms in total. The van der Waals surface area contributed by atoms with Gasteiger partial charge in [-0.2, -0.15) is 4.72 Å². The van der Waals surface area contributed by atoms with Crippen molar-refractivity contribution in [2.45, 2.75) is 37.2 Å². The van der Waals surface area contributed by atoms with Crippen LogP contribution in [0.25, 0.3) is 0 Å². The van der Waals surface area contributed by atoms with Gasteiger partial charge in [-0.25, -0.2) is 8.42 Å². The van der Waals surface area contributed by atoms with Gasteiger partial charge in [0, 0.05) is 17.6 Å². The summed E-state index contributed by atoms with van der Waals surface area (Å²) in [6.45, 7) is 4.61. The topological polar surface area (TPSA) is 92.5 Å². The van der Waals surface area contributed by atoms with Crippen LogP contribution in [0, 0.1) is 5.92 Å². The average molecular weight is 360 g/mol. The lowest BCUT2D eigenvalue weighted by Gasteiger charge is -2.25. The minimum atomic E-state index is -3.77. The van der Waals surface area contributed by atoms with Gasteiger partial charge in [0.05, 0.1) is 10.9 Å². The third-order valence-corrected chi connectivity index (χ3v) is 5.91. The number of benzene rings is 1. The maximum atomic E-state index is 12.5. The van der Waals surface area contributed by atoms with Crippen molar-refractivity contribution in [3.63, 3.8) is 0 Å². The van der Waals surface area contributed by atoms with Gasteiger partial charge in [-0.3, -0.25) is 4.79 Å². The highest BCUT2D eigenvalue weighted by atomic mass is 35.5. The van der Waals surface area contributed by atoms with Crippen molar-refractivity contribution < 1.29 is 13.2 Å². The third-order valence-electron chi connectivity index (χ3n) is 4.10. The molecule has 8 heteroatoms. The van der Waals surface area contributed by atoms with Crippen LogP contribution in [0.15, 0.2) is 29.2 Å². The maximum absolute atomic E-state index is 12.5. The molecule has 23 heavy (non-hydrogen) atoms. The van der Waals surface area contributed by atoms with Gasteiger partial charge in [0.1, 0.15) is 0 Å². The Kier molecular flexibility index (Phi) is 5.67. The van der Waals surface area contributed by atoms with E-state index >= 15 is 0 Å². The summed E-state index contributed by atoms with van der Waals surface area (Å²) in [5, 5.41) is 0.451. The zero-order valence-corrected chi connectivity index (χ0v) is 14.8. The van der Waals surface area contributed by atoms with Gasteiger partial charge in [-0.1, -0.05) is 11.6 Å². The summed E-state index contributed by atoms with van der Waals surface area (Å²) in [6.07, 6.45) is 0.846. The number of carbonyl (C=O) groups is 1. The second-order valence-corrected chi connectivity index (χ2v) is 8.12. The first kappa shape index (κ1) is 18.2. The van der Waals surface area contributed by atoms with Gasteiger partial charge in [0.15, 0.2) is 0 Å². The number of nitrogens with one attached hydrogen (secondary N) is 1. The van der Waals surface area contributed by atoms with Crippen LogP contribution in [-0.4, -0.2) is 44.4 Å². The molecule has 128 valence electrons. The number of likely N-dealkylation sites (tertiary alicyclic amines) is 1. The number of nitrogens with two attached hydrogens (primary N) is 1. The minimum Gasteiger partial charge on any atom is -0.338 e. The van der Waals surface area contributed by atoms with Crippen molar-refractivity contribution in [1.29, 1.82) is 0 Å². The first-order valence-electron chi connectivity index (χ1n) is 7.53. The van der Waals surface area contributed by atoms with Crippen molar-refractivity contribution in [2.75, 3.05) is 13.1 Å². The predicted octanol–water partition coefficient (Wildman–Crippen LogP) is 1.20. The van der Waals surface area contributed by atoms with Crippen molar-refractivity contribution >= 4 is 27.5 Å². The molecule has 1 aromatic carbocycles. The van der Waals surface area contributed by atoms with Crippen LogP contribution in [-0.2, 0) is 14.8 Å². The molecule has 0 aromatic heterocycles. The molecule has 1 amide bonds. The summed E-state index contributed by atoms with van der Waals surface area (Å²) >= 11 is 5.76. The Morgan fingerprint density at radius 2 is 2.04 bits per heavy atom. The number of hydrogen-bond acceptors (Lipinski definition) is 4. The van der Waals surface area contributed by atoms with E-state index in [1.54, 1.807) is 11.8 Å². The molecule has 0 radical (unpaired) electrons. The van der Waals surface area contributed by atoms with E-state index in [2.05, 4.69) is 4.72 Å². The largest absolute Gasteiger partial charge is 0.338 e. The molecule has 1 aromatic rings. The lowest BCUT2D eigenvalue weighted by atomic mass is 10.1. The minimum absolute atomic E-state index is 0.0681. The normalized spacial score (nSPS) is 23.0. The molecule has 0 saturated carbocycles. The van der Waals surface area contributed by atoms with E-state index in [9.17, 15) is 13.2 Å². The van der Waals surface area contributed by atoms with E-state index < -0.39 is 16.1 Å². The highest BCUT2D eigenvalue weighted by molar-refractivity contribution is 7.89. The highest BCUT2D eigenvalue weighted by Gasteiger charge is 2.35. The average Bonchev–Trinajstić information content (AvgIpc) is 2.87. The Morgan fingerprint density at radius 3 is 2.57 bits per heavy atom. The third kappa shape index (κ3) is 4.23. The second kappa shape index (κ2) is 7.17. The van der Waals surface area contributed by atoms with Crippen molar-refractivity contribution in [3.05, 3.63) is 29.3 Å². The molecule has 3 atom stereocenters.